The van der Waals surface area contributed by atoms with Gasteiger partial charge < -0.3 is 9.94 Å². The van der Waals surface area contributed by atoms with Gasteiger partial charge >= 0.3 is 19.8 Å². The Morgan fingerprint density at radius 3 is 2.20 bits per heavy atom. The lowest BCUT2D eigenvalue weighted by molar-refractivity contribution is -0.166. The van der Waals surface area contributed by atoms with Gasteiger partial charge in [0.2, 0.25) is 0 Å². The quantitative estimate of drug-likeness (QED) is 0.315. The highest BCUT2D eigenvalue weighted by Gasteiger charge is 2.13. The smallest absolute Gasteiger partial charge is 0.436 e. The molecule has 0 saturated carbocycles. The fourth-order valence-corrected chi connectivity index (χ4v) is 0.280. The van der Waals surface area contributed by atoms with Gasteiger partial charge in [-0.3, -0.25) is 0 Å². The number of carbonyl (C=O) groups is 2. The highest BCUT2D eigenvalue weighted by molar-refractivity contribution is 7.28. The molecule has 0 atom stereocenters. The molecule has 0 saturated heterocycles. The summed E-state index contributed by atoms with van der Waals surface area (Å²) in [5.41, 5.74) is 0. The summed E-state index contributed by atoms with van der Waals surface area (Å²) in [5, 5.41) is 8.93. The van der Waals surface area contributed by atoms with Crippen LogP contribution in [0.3, 0.4) is 0 Å². The highest BCUT2D eigenvalue weighted by Crippen LogP contribution is 1.92. The van der Waals surface area contributed by atoms with Gasteiger partial charge in [-0.05, 0) is 5.25 Å². The largest absolute Gasteiger partial charge is 0.473 e. The Kier molecular flexibility index (Phi) is 3.30. The zero-order valence-electron chi connectivity index (χ0n) is 4.44. The van der Waals surface area contributed by atoms with Crippen LogP contribution in [0.15, 0.2) is 0 Å². The van der Waals surface area contributed by atoms with Crippen molar-refractivity contribution in [1.82, 2.24) is 5.25 Å². The fourth-order valence-electron chi connectivity index (χ4n) is 0.122. The van der Waals surface area contributed by atoms with Gasteiger partial charge in [-0.2, -0.15) is 0 Å². The second-order valence-corrected chi connectivity index (χ2v) is 1.74. The molecule has 10 heavy (non-hydrogen) atoms. The van der Waals surface area contributed by atoms with Crippen molar-refractivity contribution in [2.24, 2.45) is 0 Å². The molecule has 0 rings (SSSR count). The highest BCUT2D eigenvalue weighted by atomic mass is 31.1. The summed E-state index contributed by atoms with van der Waals surface area (Å²) in [7, 11) is -3.11. The lowest BCUT2D eigenvalue weighted by atomic mass is 10.7. The number of nitrogens with one attached hydrogen (secondary N) is 1. The molecule has 0 heterocycles. The number of carbonyl (C=O) groups excluding carboxylic acids is 1. The molecule has 0 bridgehead atoms. The van der Waals surface area contributed by atoms with Gasteiger partial charge in [-0.15, -0.1) is 0 Å². The van der Waals surface area contributed by atoms with E-state index in [9.17, 15) is 18.7 Å². The van der Waals surface area contributed by atoms with Crippen molar-refractivity contribution in [3.05, 3.63) is 0 Å². The molecule has 0 unspecified atom stereocenters. The van der Waals surface area contributed by atoms with E-state index in [4.69, 9.17) is 5.11 Å². The first-order valence-corrected chi connectivity index (χ1v) is 3.06. The first-order valence-electron chi connectivity index (χ1n) is 1.88. The van der Waals surface area contributed by atoms with E-state index in [1.165, 1.54) is 0 Å². The van der Waals surface area contributed by atoms with Crippen LogP contribution in [0.1, 0.15) is 0 Å². The van der Waals surface area contributed by atoms with Crippen LogP contribution in [0.5, 0.6) is 0 Å². The van der Waals surface area contributed by atoms with Crippen LogP contribution >= 0.6 is 7.83 Å². The van der Waals surface area contributed by atoms with Crippen LogP contribution in [-0.2, 0) is 23.6 Å². The minimum atomic E-state index is -3.11. The Bertz CT molecular complexity index is 210. The van der Waals surface area contributed by atoms with Crippen LogP contribution in [0.2, 0.25) is 0 Å². The molecule has 0 aliphatic rings. The molecule has 0 aromatic heterocycles. The van der Waals surface area contributed by atoms with E-state index in [1.807, 2.05) is 0 Å². The van der Waals surface area contributed by atoms with Gasteiger partial charge in [0, 0.05) is 0 Å². The summed E-state index contributed by atoms with van der Waals surface area (Å²) in [5.74, 6) is -3.55. The van der Waals surface area contributed by atoms with Crippen LogP contribution in [0.25, 0.3) is 0 Å². The average Bonchev–Trinajstić information content (AvgIpc) is 1.82. The predicted octanol–water partition coefficient (Wildman–Crippen LogP) is -0.793. The monoisotopic (exact) mass is 167 g/mol. The van der Waals surface area contributed by atoms with E-state index < -0.39 is 19.8 Å². The second kappa shape index (κ2) is 3.76. The lowest BCUT2D eigenvalue weighted by Crippen LogP contribution is -2.20. The predicted molar refractivity (Wildman–Crippen MR) is 25.2 cm³/mol. The summed E-state index contributed by atoms with van der Waals surface area (Å²) in [4.78, 5) is 23.0. The van der Waals surface area contributed by atoms with Gasteiger partial charge in [-0.25, -0.2) is 18.7 Å². The summed E-state index contributed by atoms with van der Waals surface area (Å²) in [6.45, 7) is 0. The van der Waals surface area contributed by atoms with Crippen LogP contribution in [0.4, 0.5) is 0 Å². The number of rotatable bonds is 2. The first-order chi connectivity index (χ1) is 4.54. The minimum absolute atomic E-state index is 1.15. The third-order valence-corrected chi connectivity index (χ3v) is 0.628. The lowest BCUT2D eigenvalue weighted by Gasteiger charge is -1.90. The summed E-state index contributed by atoms with van der Waals surface area (Å²) >= 11 is 0. The number of hydrogen-bond donors (Lipinski definition) is 2. The maximum atomic E-state index is 9.90. The molecule has 0 aromatic rings. The Morgan fingerprint density at radius 1 is 1.40 bits per heavy atom. The Balaban J connectivity index is 3.71. The molecule has 0 radical (unpaired) electrons. The number of aliphatic carboxylic acids is 1. The van der Waals surface area contributed by atoms with Crippen molar-refractivity contribution in [3.8, 4) is 0 Å². The van der Waals surface area contributed by atoms with E-state index in [0.29, 0.717) is 0 Å². The first kappa shape index (κ1) is 8.80. The van der Waals surface area contributed by atoms with Crippen LogP contribution < -0.4 is 5.25 Å². The zero-order chi connectivity index (χ0) is 8.15. The summed E-state index contributed by atoms with van der Waals surface area (Å²) in [6.07, 6.45) is 0. The van der Waals surface area contributed by atoms with Crippen molar-refractivity contribution >= 4 is 19.8 Å². The number of carboxylic acids is 1. The Labute approximate surface area is 54.8 Å². The van der Waals surface area contributed by atoms with E-state index in [2.05, 4.69) is 4.84 Å². The molecule has 0 aromatic carbocycles. The number of hydrogen-bond acceptors (Lipinski definition) is 5. The Hall–Kier alpha value is -1.20. The molecule has 0 aliphatic carbocycles. The zero-order valence-corrected chi connectivity index (χ0v) is 5.33. The third-order valence-electron chi connectivity index (χ3n) is 0.387. The van der Waals surface area contributed by atoms with Gasteiger partial charge in [0.1, 0.15) is 0 Å². The summed E-state index contributed by atoms with van der Waals surface area (Å²) in [6, 6.07) is 0. The van der Waals surface area contributed by atoms with E-state index in [0.717, 1.165) is 5.25 Å². The average molecular weight is 167 g/mol. The second-order valence-electron chi connectivity index (χ2n) is 1.04. The molecular formula is C2H2NO6P. The fraction of sp³-hybridized carbons (Fsp3) is 0. The number of carboxylic acid groups (broad SMARTS) is 1. The maximum Gasteiger partial charge on any atom is 0.436 e. The molecular weight excluding hydrogens is 165 g/mol. The third kappa shape index (κ3) is 3.76. The normalized spacial score (nSPS) is 8.40. The van der Waals surface area contributed by atoms with Gasteiger partial charge in [0.15, 0.2) is 0 Å². The van der Waals surface area contributed by atoms with Crippen LogP contribution in [-0.4, -0.2) is 17.0 Å². The van der Waals surface area contributed by atoms with Crippen molar-refractivity contribution in [3.63, 3.8) is 0 Å². The van der Waals surface area contributed by atoms with Gasteiger partial charge in [0.25, 0.3) is 0 Å². The molecule has 0 fully saturated rings. The van der Waals surface area contributed by atoms with E-state index >= 15 is 0 Å². The standard InChI is InChI=1S/C2H2NO6P/c4-1(5)2(6)9-3-10(7)8/h(H,4,5)(H,3,7,8). The van der Waals surface area contributed by atoms with Gasteiger partial charge in [0.05, 0.1) is 0 Å². The van der Waals surface area contributed by atoms with Crippen molar-refractivity contribution < 1.29 is 28.7 Å². The van der Waals surface area contributed by atoms with Crippen molar-refractivity contribution in [1.29, 1.82) is 0 Å². The van der Waals surface area contributed by atoms with Crippen molar-refractivity contribution in [2.75, 3.05) is 0 Å². The molecule has 0 amide bonds. The molecule has 0 aliphatic heterocycles. The van der Waals surface area contributed by atoms with E-state index in [1.54, 1.807) is 0 Å². The van der Waals surface area contributed by atoms with Crippen LogP contribution in [0, 0.1) is 0 Å². The molecule has 7 nitrogen and oxygen atoms in total. The molecule has 8 heteroatoms. The molecule has 0 spiro atoms. The van der Waals surface area contributed by atoms with Gasteiger partial charge in [-0.1, -0.05) is 0 Å². The van der Waals surface area contributed by atoms with E-state index in [-0.39, 0.29) is 0 Å². The maximum absolute atomic E-state index is 9.90. The SMILES string of the molecule is O=C(O)C(=O)ONP(=O)=O. The molecule has 2 N–H and O–H groups in total. The molecule has 56 valence electrons. The topological polar surface area (TPSA) is 110 Å². The minimum Gasteiger partial charge on any atom is -0.473 e. The van der Waals surface area contributed by atoms with Crippen molar-refractivity contribution in [2.45, 2.75) is 0 Å². The Morgan fingerprint density at radius 2 is 1.90 bits per heavy atom. The summed E-state index contributed by atoms with van der Waals surface area (Å²) < 4.78 is 19.2.